The quantitative estimate of drug-likeness (QED) is 0.597. The highest BCUT2D eigenvalue weighted by Gasteiger charge is 2.16. The molecule has 0 fully saturated rings. The number of esters is 1. The van der Waals surface area contributed by atoms with Gasteiger partial charge in [0.2, 0.25) is 0 Å². The van der Waals surface area contributed by atoms with Crippen LogP contribution in [0, 0.1) is 20.8 Å². The number of nitrogens with zero attached hydrogens (tertiary/aromatic N) is 4. The second-order valence-electron chi connectivity index (χ2n) is 6.79. The molecule has 0 aliphatic rings. The number of amides is 1. The first kappa shape index (κ1) is 21.1. The molecule has 2 heterocycles. The van der Waals surface area contributed by atoms with E-state index in [0.29, 0.717) is 29.6 Å². The van der Waals surface area contributed by atoms with E-state index < -0.39 is 18.5 Å². The molecule has 0 radical (unpaired) electrons. The van der Waals surface area contributed by atoms with E-state index in [4.69, 9.17) is 9.47 Å². The van der Waals surface area contributed by atoms with E-state index in [2.05, 4.69) is 20.4 Å². The Kier molecular flexibility index (Phi) is 6.53. The molecule has 0 saturated heterocycles. The highest BCUT2D eigenvalue weighted by atomic mass is 16.5. The highest BCUT2D eigenvalue weighted by Crippen LogP contribution is 2.15. The Labute approximate surface area is 174 Å². The summed E-state index contributed by atoms with van der Waals surface area (Å²) in [4.78, 5) is 33.3. The molecule has 156 valence electrons. The van der Waals surface area contributed by atoms with Crippen molar-refractivity contribution in [1.29, 1.82) is 0 Å². The van der Waals surface area contributed by atoms with Gasteiger partial charge in [-0.3, -0.25) is 4.79 Å². The number of aromatic nitrogens is 4. The van der Waals surface area contributed by atoms with Crippen LogP contribution in [0.5, 0.6) is 0 Å². The number of rotatable bonds is 7. The van der Waals surface area contributed by atoms with Crippen molar-refractivity contribution in [2.75, 3.05) is 19.0 Å². The first-order valence-electron chi connectivity index (χ1n) is 9.30. The minimum Gasteiger partial charge on any atom is -0.452 e. The lowest BCUT2D eigenvalue weighted by molar-refractivity contribution is -0.119. The van der Waals surface area contributed by atoms with E-state index in [0.717, 1.165) is 17.0 Å². The van der Waals surface area contributed by atoms with Crippen LogP contribution in [-0.4, -0.2) is 45.3 Å². The van der Waals surface area contributed by atoms with Crippen molar-refractivity contribution in [3.63, 3.8) is 0 Å². The maximum atomic E-state index is 12.4. The molecule has 9 heteroatoms. The van der Waals surface area contributed by atoms with Crippen LogP contribution in [0.25, 0.3) is 5.95 Å². The number of nitrogens with one attached hydrogen (secondary N) is 1. The van der Waals surface area contributed by atoms with Crippen LogP contribution in [0.15, 0.2) is 36.4 Å². The monoisotopic (exact) mass is 409 g/mol. The third-order valence-corrected chi connectivity index (χ3v) is 4.07. The van der Waals surface area contributed by atoms with Gasteiger partial charge in [0, 0.05) is 24.6 Å². The first-order valence-corrected chi connectivity index (χ1v) is 9.30. The van der Waals surface area contributed by atoms with Crippen LogP contribution < -0.4 is 5.32 Å². The number of methoxy groups -OCH3 is 1. The summed E-state index contributed by atoms with van der Waals surface area (Å²) in [5.41, 5.74) is 3.44. The molecule has 0 spiro atoms. The zero-order valence-electron chi connectivity index (χ0n) is 17.3. The SMILES string of the molecule is COCc1cccc(C(=O)OCC(=O)Nc2cc(C)nn2-c2nc(C)cc(C)n2)c1. The molecule has 1 amide bonds. The smallest absolute Gasteiger partial charge is 0.338 e. The van der Waals surface area contributed by atoms with Gasteiger partial charge < -0.3 is 14.8 Å². The van der Waals surface area contributed by atoms with E-state index in [1.165, 1.54) is 4.68 Å². The molecule has 0 aliphatic carbocycles. The van der Waals surface area contributed by atoms with Gasteiger partial charge >= 0.3 is 5.97 Å². The zero-order valence-corrected chi connectivity index (χ0v) is 17.3. The summed E-state index contributed by atoms with van der Waals surface area (Å²) in [6, 6.07) is 10.4. The van der Waals surface area contributed by atoms with Gasteiger partial charge in [-0.25, -0.2) is 14.8 Å². The molecule has 0 bridgehead atoms. The van der Waals surface area contributed by atoms with Crippen LogP contribution in [-0.2, 0) is 20.9 Å². The fourth-order valence-electron chi connectivity index (χ4n) is 2.89. The minimum absolute atomic E-state index is 0.349. The second kappa shape index (κ2) is 9.27. The Morgan fingerprint density at radius 1 is 1.03 bits per heavy atom. The van der Waals surface area contributed by atoms with E-state index in [9.17, 15) is 9.59 Å². The molecule has 0 aliphatic heterocycles. The maximum absolute atomic E-state index is 12.4. The fourth-order valence-corrected chi connectivity index (χ4v) is 2.89. The molecule has 1 N–H and O–H groups in total. The summed E-state index contributed by atoms with van der Waals surface area (Å²) in [5, 5.41) is 7.04. The summed E-state index contributed by atoms with van der Waals surface area (Å²) in [6.45, 7) is 5.44. The lowest BCUT2D eigenvalue weighted by Gasteiger charge is -2.09. The van der Waals surface area contributed by atoms with Gasteiger partial charge in [-0.05, 0) is 44.5 Å². The Morgan fingerprint density at radius 2 is 1.77 bits per heavy atom. The molecule has 1 aromatic carbocycles. The Morgan fingerprint density at radius 3 is 2.47 bits per heavy atom. The van der Waals surface area contributed by atoms with Crippen LogP contribution in [0.3, 0.4) is 0 Å². The van der Waals surface area contributed by atoms with Crippen LogP contribution in [0.2, 0.25) is 0 Å². The topological polar surface area (TPSA) is 108 Å². The molecule has 0 saturated carbocycles. The molecule has 3 rings (SSSR count). The van der Waals surface area contributed by atoms with Gasteiger partial charge in [0.15, 0.2) is 6.61 Å². The van der Waals surface area contributed by atoms with E-state index in [1.807, 2.05) is 26.0 Å². The van der Waals surface area contributed by atoms with Crippen molar-refractivity contribution >= 4 is 17.7 Å². The fraction of sp³-hybridized carbons (Fsp3) is 0.286. The number of ether oxygens (including phenoxy) is 2. The minimum atomic E-state index is -0.592. The van der Waals surface area contributed by atoms with Gasteiger partial charge in [-0.1, -0.05) is 12.1 Å². The van der Waals surface area contributed by atoms with Crippen LogP contribution in [0.1, 0.15) is 33.0 Å². The number of carbonyl (C=O) groups excluding carboxylic acids is 2. The highest BCUT2D eigenvalue weighted by molar-refractivity contribution is 5.95. The zero-order chi connectivity index (χ0) is 21.7. The Hall–Kier alpha value is -3.59. The molecular weight excluding hydrogens is 386 g/mol. The number of hydrogen-bond acceptors (Lipinski definition) is 7. The summed E-state index contributed by atoms with van der Waals surface area (Å²) in [7, 11) is 1.57. The van der Waals surface area contributed by atoms with Gasteiger partial charge in [-0.15, -0.1) is 0 Å². The van der Waals surface area contributed by atoms with Gasteiger partial charge in [0.25, 0.3) is 11.9 Å². The van der Waals surface area contributed by atoms with E-state index >= 15 is 0 Å². The average molecular weight is 409 g/mol. The second-order valence-corrected chi connectivity index (χ2v) is 6.79. The van der Waals surface area contributed by atoms with Gasteiger partial charge in [0.1, 0.15) is 5.82 Å². The van der Waals surface area contributed by atoms with Crippen molar-refractivity contribution in [3.05, 3.63) is 64.6 Å². The first-order chi connectivity index (χ1) is 14.4. The third kappa shape index (κ3) is 5.26. The molecule has 3 aromatic rings. The lowest BCUT2D eigenvalue weighted by atomic mass is 10.1. The number of anilines is 1. The Balaban J connectivity index is 1.67. The third-order valence-electron chi connectivity index (χ3n) is 4.07. The number of carbonyl (C=O) groups is 2. The van der Waals surface area contributed by atoms with E-state index in [-0.39, 0.29) is 0 Å². The largest absolute Gasteiger partial charge is 0.452 e. The number of hydrogen-bond donors (Lipinski definition) is 1. The lowest BCUT2D eigenvalue weighted by Crippen LogP contribution is -2.23. The van der Waals surface area contributed by atoms with E-state index in [1.54, 1.807) is 38.3 Å². The maximum Gasteiger partial charge on any atom is 0.338 e. The van der Waals surface area contributed by atoms with Gasteiger partial charge in [-0.2, -0.15) is 9.78 Å². The van der Waals surface area contributed by atoms with Crippen molar-refractivity contribution in [3.8, 4) is 5.95 Å². The number of benzene rings is 1. The molecule has 0 unspecified atom stereocenters. The van der Waals surface area contributed by atoms with Crippen molar-refractivity contribution < 1.29 is 19.1 Å². The van der Waals surface area contributed by atoms with Crippen LogP contribution >= 0.6 is 0 Å². The van der Waals surface area contributed by atoms with Crippen molar-refractivity contribution in [2.24, 2.45) is 0 Å². The standard InChI is InChI=1S/C21H23N5O4/c1-13-8-14(2)23-21(22-13)26-18(9-15(3)25-26)24-19(27)12-30-20(28)17-7-5-6-16(10-17)11-29-4/h5-10H,11-12H2,1-4H3,(H,24,27). The van der Waals surface area contributed by atoms with Crippen molar-refractivity contribution in [2.45, 2.75) is 27.4 Å². The molecule has 30 heavy (non-hydrogen) atoms. The normalized spacial score (nSPS) is 10.7. The average Bonchev–Trinajstić information content (AvgIpc) is 3.06. The molecule has 2 aromatic heterocycles. The van der Waals surface area contributed by atoms with Crippen LogP contribution in [0.4, 0.5) is 5.82 Å². The summed E-state index contributed by atoms with van der Waals surface area (Å²) < 4.78 is 11.6. The molecular formula is C21H23N5O4. The predicted octanol–water partition coefficient (Wildman–Crippen LogP) is 2.53. The summed E-state index contributed by atoms with van der Waals surface area (Å²) >= 11 is 0. The summed E-state index contributed by atoms with van der Waals surface area (Å²) in [5.74, 6) is -0.351. The number of aryl methyl sites for hydroxylation is 3. The van der Waals surface area contributed by atoms with Gasteiger partial charge in [0.05, 0.1) is 17.9 Å². The Bertz CT molecular complexity index is 1060. The van der Waals surface area contributed by atoms with Crippen molar-refractivity contribution in [1.82, 2.24) is 19.7 Å². The molecule has 9 nitrogen and oxygen atoms in total. The summed E-state index contributed by atoms with van der Waals surface area (Å²) in [6.07, 6.45) is 0. The molecule has 0 atom stereocenters. The predicted molar refractivity (Wildman–Crippen MR) is 109 cm³/mol.